The van der Waals surface area contributed by atoms with E-state index in [1.165, 1.54) is 52.9 Å². The van der Waals surface area contributed by atoms with E-state index in [0.29, 0.717) is 28.5 Å². The van der Waals surface area contributed by atoms with Crippen LogP contribution in [-0.2, 0) is 14.8 Å². The van der Waals surface area contributed by atoms with Crippen molar-refractivity contribution in [1.82, 2.24) is 5.43 Å². The number of amides is 1. The largest absolute Gasteiger partial charge is 0.493 e. The Hall–Kier alpha value is -4.25. The molecule has 0 saturated carbocycles. The Morgan fingerprint density at radius 3 is 2.19 bits per heavy atom. The number of para-hydroxylation sites is 2. The van der Waals surface area contributed by atoms with Gasteiger partial charge in [-0.15, -0.1) is 0 Å². The first-order chi connectivity index (χ1) is 17.3. The van der Waals surface area contributed by atoms with Crippen LogP contribution < -0.4 is 28.7 Å². The molecule has 1 N–H and O–H groups in total. The van der Waals surface area contributed by atoms with Crippen molar-refractivity contribution in [3.8, 4) is 23.0 Å². The number of carbonyl (C=O) groups excluding carboxylic acids is 1. The van der Waals surface area contributed by atoms with Crippen molar-refractivity contribution >= 4 is 27.8 Å². The van der Waals surface area contributed by atoms with E-state index < -0.39 is 22.5 Å². The first-order valence-electron chi connectivity index (χ1n) is 10.7. The van der Waals surface area contributed by atoms with Gasteiger partial charge in [0.1, 0.15) is 6.54 Å². The third kappa shape index (κ3) is 5.87. The fraction of sp³-hybridized carbons (Fsp3) is 0.200. The highest BCUT2D eigenvalue weighted by Gasteiger charge is 2.28. The van der Waals surface area contributed by atoms with E-state index in [4.69, 9.17) is 18.9 Å². The molecule has 0 atom stereocenters. The molecule has 0 bridgehead atoms. The number of sulfonamides is 1. The third-order valence-corrected chi connectivity index (χ3v) is 6.87. The van der Waals surface area contributed by atoms with Crippen molar-refractivity contribution in [2.45, 2.75) is 4.90 Å². The van der Waals surface area contributed by atoms with E-state index in [9.17, 15) is 13.2 Å². The zero-order valence-electron chi connectivity index (χ0n) is 20.3. The second-order valence-corrected chi connectivity index (χ2v) is 9.10. The van der Waals surface area contributed by atoms with E-state index in [1.54, 1.807) is 48.5 Å². The second-order valence-electron chi connectivity index (χ2n) is 7.24. The van der Waals surface area contributed by atoms with Gasteiger partial charge < -0.3 is 18.9 Å². The molecule has 0 radical (unpaired) electrons. The molecule has 0 aliphatic rings. The fourth-order valence-electron chi connectivity index (χ4n) is 3.37. The van der Waals surface area contributed by atoms with Crippen LogP contribution in [0, 0.1) is 0 Å². The molecule has 0 unspecified atom stereocenters. The highest BCUT2D eigenvalue weighted by atomic mass is 32.2. The molecule has 3 aromatic rings. The molecule has 0 spiro atoms. The van der Waals surface area contributed by atoms with Crippen LogP contribution in [0.1, 0.15) is 5.56 Å². The van der Waals surface area contributed by atoms with Gasteiger partial charge in [-0.05, 0) is 36.4 Å². The summed E-state index contributed by atoms with van der Waals surface area (Å²) in [4.78, 5) is 12.7. The van der Waals surface area contributed by atoms with Crippen LogP contribution in [0.4, 0.5) is 5.69 Å². The number of hydrogen-bond acceptors (Lipinski definition) is 8. The van der Waals surface area contributed by atoms with Crippen LogP contribution in [-0.4, -0.2) is 55.5 Å². The van der Waals surface area contributed by atoms with Crippen LogP contribution >= 0.6 is 0 Å². The van der Waals surface area contributed by atoms with Crippen molar-refractivity contribution in [3.05, 3.63) is 72.3 Å². The second kappa shape index (κ2) is 11.9. The van der Waals surface area contributed by atoms with Crippen molar-refractivity contribution in [1.29, 1.82) is 0 Å². The SMILES string of the molecule is COc1ccc(S(=O)(=O)N(CC(=O)N/N=C\c2cccc(OC)c2OC)c2ccccc2)cc1OC. The molecule has 10 nitrogen and oxygen atoms in total. The highest BCUT2D eigenvalue weighted by molar-refractivity contribution is 7.92. The molecule has 0 fully saturated rings. The standard InChI is InChI=1S/C25H27N3O7S/c1-32-21-14-13-20(15-23(21)34-3)36(30,31)28(19-10-6-5-7-11-19)17-24(29)27-26-16-18-9-8-12-22(33-2)25(18)35-4/h5-16H,17H2,1-4H3,(H,27,29)/b26-16-. The van der Waals surface area contributed by atoms with Crippen molar-refractivity contribution in [3.63, 3.8) is 0 Å². The summed E-state index contributed by atoms with van der Waals surface area (Å²) in [5.41, 5.74) is 3.24. The highest BCUT2D eigenvalue weighted by Crippen LogP contribution is 2.32. The summed E-state index contributed by atoms with van der Waals surface area (Å²) in [5, 5.41) is 3.96. The number of carbonyl (C=O) groups is 1. The number of rotatable bonds is 11. The van der Waals surface area contributed by atoms with Gasteiger partial charge in [-0.25, -0.2) is 13.8 Å². The molecule has 0 aromatic heterocycles. The van der Waals surface area contributed by atoms with Gasteiger partial charge in [-0.2, -0.15) is 5.10 Å². The van der Waals surface area contributed by atoms with E-state index >= 15 is 0 Å². The van der Waals surface area contributed by atoms with Gasteiger partial charge in [-0.1, -0.05) is 24.3 Å². The van der Waals surface area contributed by atoms with E-state index in [2.05, 4.69) is 10.5 Å². The Bertz CT molecular complexity index is 1330. The number of ether oxygens (including phenoxy) is 4. The maximum atomic E-state index is 13.6. The van der Waals surface area contributed by atoms with E-state index in [1.807, 2.05) is 0 Å². The molecule has 0 aliphatic carbocycles. The van der Waals surface area contributed by atoms with E-state index in [-0.39, 0.29) is 10.6 Å². The Morgan fingerprint density at radius 2 is 1.56 bits per heavy atom. The minimum absolute atomic E-state index is 0.0681. The maximum Gasteiger partial charge on any atom is 0.264 e. The zero-order valence-corrected chi connectivity index (χ0v) is 21.1. The van der Waals surface area contributed by atoms with Crippen LogP contribution in [0.15, 0.2) is 76.7 Å². The minimum Gasteiger partial charge on any atom is -0.493 e. The number of anilines is 1. The average molecular weight is 514 g/mol. The topological polar surface area (TPSA) is 116 Å². The van der Waals surface area contributed by atoms with Crippen molar-refractivity contribution in [2.24, 2.45) is 5.10 Å². The number of nitrogens with one attached hydrogen (secondary N) is 1. The first kappa shape index (κ1) is 26.4. The first-order valence-corrected chi connectivity index (χ1v) is 12.1. The Morgan fingerprint density at radius 1 is 0.861 bits per heavy atom. The van der Waals surface area contributed by atoms with Gasteiger partial charge >= 0.3 is 0 Å². The summed E-state index contributed by atoms with van der Waals surface area (Å²) in [7, 11) is 1.71. The average Bonchev–Trinajstić information content (AvgIpc) is 2.91. The molecule has 1 amide bonds. The lowest BCUT2D eigenvalue weighted by molar-refractivity contribution is -0.119. The van der Waals surface area contributed by atoms with Crippen molar-refractivity contribution < 1.29 is 32.2 Å². The lowest BCUT2D eigenvalue weighted by Crippen LogP contribution is -2.39. The number of methoxy groups -OCH3 is 4. The quantitative estimate of drug-likeness (QED) is 0.309. The van der Waals surface area contributed by atoms with Gasteiger partial charge in [0.25, 0.3) is 15.9 Å². The Kier molecular flexibility index (Phi) is 8.74. The van der Waals surface area contributed by atoms with Crippen LogP contribution in [0.3, 0.4) is 0 Å². The molecular formula is C25H27N3O7S. The van der Waals surface area contributed by atoms with Crippen LogP contribution in [0.5, 0.6) is 23.0 Å². The maximum absolute atomic E-state index is 13.6. The number of hydrogen-bond donors (Lipinski definition) is 1. The molecule has 36 heavy (non-hydrogen) atoms. The molecule has 0 saturated heterocycles. The third-order valence-electron chi connectivity index (χ3n) is 5.10. The summed E-state index contributed by atoms with van der Waals surface area (Å²) < 4.78 is 49.2. The lowest BCUT2D eigenvalue weighted by atomic mass is 10.2. The van der Waals surface area contributed by atoms with Gasteiger partial charge in [0.05, 0.1) is 45.2 Å². The molecule has 3 rings (SSSR count). The lowest BCUT2D eigenvalue weighted by Gasteiger charge is -2.24. The molecule has 190 valence electrons. The predicted molar refractivity (Wildman–Crippen MR) is 136 cm³/mol. The number of nitrogens with zero attached hydrogens (tertiary/aromatic N) is 2. The Labute approximate surface area is 210 Å². The predicted octanol–water partition coefficient (Wildman–Crippen LogP) is 3.07. The smallest absolute Gasteiger partial charge is 0.264 e. The monoisotopic (exact) mass is 513 g/mol. The molecule has 3 aromatic carbocycles. The molecular weight excluding hydrogens is 486 g/mol. The van der Waals surface area contributed by atoms with Gasteiger partial charge in [0.2, 0.25) is 0 Å². The summed E-state index contributed by atoms with van der Waals surface area (Å²) in [5.74, 6) is 0.917. The van der Waals surface area contributed by atoms with E-state index in [0.717, 1.165) is 4.31 Å². The summed E-state index contributed by atoms with van der Waals surface area (Å²) in [6.07, 6.45) is 1.38. The number of benzene rings is 3. The fourth-order valence-corrected chi connectivity index (χ4v) is 4.80. The molecule has 0 aliphatic heterocycles. The summed E-state index contributed by atoms with van der Waals surface area (Å²) in [6.45, 7) is -0.521. The minimum atomic E-state index is -4.16. The van der Waals surface area contributed by atoms with Gasteiger partial charge in [0.15, 0.2) is 23.0 Å². The van der Waals surface area contributed by atoms with Gasteiger partial charge in [0, 0.05) is 11.6 Å². The van der Waals surface area contributed by atoms with Gasteiger partial charge in [-0.3, -0.25) is 9.10 Å². The zero-order chi connectivity index (χ0) is 26.1. The summed E-state index contributed by atoms with van der Waals surface area (Å²) >= 11 is 0. The molecule has 0 heterocycles. The summed E-state index contributed by atoms with van der Waals surface area (Å²) in [6, 6.07) is 17.7. The normalized spacial score (nSPS) is 11.1. The van der Waals surface area contributed by atoms with Crippen molar-refractivity contribution in [2.75, 3.05) is 39.3 Å². The number of hydrazone groups is 1. The Balaban J connectivity index is 1.87. The van der Waals surface area contributed by atoms with Crippen LogP contribution in [0.25, 0.3) is 0 Å². The molecule has 11 heteroatoms. The van der Waals surface area contributed by atoms with Crippen LogP contribution in [0.2, 0.25) is 0 Å².